The number of hydrogen-bond acceptors (Lipinski definition) is 0. The van der Waals surface area contributed by atoms with E-state index in [1.807, 2.05) is 5.92 Å². The monoisotopic (exact) mass is 379 g/mol. The Bertz CT molecular complexity index is 237. The normalized spacial score (nSPS) is 11.8. The van der Waals surface area contributed by atoms with E-state index in [1.165, 1.54) is 135 Å². The van der Waals surface area contributed by atoms with E-state index in [0.717, 1.165) is 5.92 Å². The zero-order valence-corrected chi connectivity index (χ0v) is 19.9. The van der Waals surface area contributed by atoms with Gasteiger partial charge in [0.05, 0.1) is 0 Å². The standard InChI is InChI=1S/C27H55/c1-5-9-11-13-15-17-19-21-24-27(26(8-4)23-7-3)25-22-20-18-16-14-12-10-6-2/h27H,5-25H2,1-4H3. The Labute approximate surface area is 174 Å². The molecule has 27 heavy (non-hydrogen) atoms. The van der Waals surface area contributed by atoms with Crippen LogP contribution in [-0.2, 0) is 0 Å². The van der Waals surface area contributed by atoms with Crippen LogP contribution < -0.4 is 0 Å². The summed E-state index contributed by atoms with van der Waals surface area (Å²) in [6.45, 7) is 9.38. The number of rotatable bonds is 22. The van der Waals surface area contributed by atoms with Gasteiger partial charge in [-0.15, -0.1) is 0 Å². The molecular formula is C27H55. The highest BCUT2D eigenvalue weighted by atomic mass is 14.2. The van der Waals surface area contributed by atoms with E-state index in [1.54, 1.807) is 0 Å². The fraction of sp³-hybridized carbons (Fsp3) is 0.963. The lowest BCUT2D eigenvalue weighted by Crippen LogP contribution is -2.12. The minimum absolute atomic E-state index is 0.940. The van der Waals surface area contributed by atoms with Gasteiger partial charge < -0.3 is 0 Å². The summed E-state index contributed by atoms with van der Waals surface area (Å²) >= 11 is 0. The molecule has 0 spiro atoms. The fourth-order valence-electron chi connectivity index (χ4n) is 4.59. The third-order valence-corrected chi connectivity index (χ3v) is 6.41. The molecule has 0 amide bonds. The maximum absolute atomic E-state index is 2.40. The van der Waals surface area contributed by atoms with Crippen molar-refractivity contribution in [2.45, 2.75) is 163 Å². The van der Waals surface area contributed by atoms with Gasteiger partial charge in [0.25, 0.3) is 0 Å². The van der Waals surface area contributed by atoms with Crippen LogP contribution in [0.25, 0.3) is 0 Å². The number of hydrogen-bond donors (Lipinski definition) is 0. The van der Waals surface area contributed by atoms with Crippen molar-refractivity contribution in [3.05, 3.63) is 5.92 Å². The summed E-state index contributed by atoms with van der Waals surface area (Å²) in [5, 5.41) is 0. The third-order valence-electron chi connectivity index (χ3n) is 6.41. The first-order valence-electron chi connectivity index (χ1n) is 13.1. The summed E-state index contributed by atoms with van der Waals surface area (Å²) in [4.78, 5) is 0. The molecule has 0 unspecified atom stereocenters. The third kappa shape index (κ3) is 17.8. The van der Waals surface area contributed by atoms with Gasteiger partial charge in [-0.2, -0.15) is 0 Å². The molecule has 0 bridgehead atoms. The van der Waals surface area contributed by atoms with Crippen molar-refractivity contribution in [3.63, 3.8) is 0 Å². The minimum Gasteiger partial charge on any atom is -0.0654 e. The molecule has 0 saturated carbocycles. The maximum Gasteiger partial charge on any atom is -0.0213 e. The van der Waals surface area contributed by atoms with Crippen molar-refractivity contribution in [1.82, 2.24) is 0 Å². The first kappa shape index (κ1) is 27.0. The van der Waals surface area contributed by atoms with Gasteiger partial charge in [-0.25, -0.2) is 0 Å². The van der Waals surface area contributed by atoms with E-state index in [-0.39, 0.29) is 0 Å². The highest BCUT2D eigenvalue weighted by Crippen LogP contribution is 2.32. The molecule has 0 aromatic carbocycles. The summed E-state index contributed by atoms with van der Waals surface area (Å²) in [6, 6.07) is 0. The Morgan fingerprint density at radius 2 is 0.815 bits per heavy atom. The fourth-order valence-corrected chi connectivity index (χ4v) is 4.59. The molecule has 0 rings (SSSR count). The highest BCUT2D eigenvalue weighted by molar-refractivity contribution is 4.94. The van der Waals surface area contributed by atoms with Crippen molar-refractivity contribution in [2.75, 3.05) is 0 Å². The first-order valence-corrected chi connectivity index (χ1v) is 13.1. The summed E-state index contributed by atoms with van der Waals surface area (Å²) in [5.74, 6) is 2.83. The molecule has 163 valence electrons. The van der Waals surface area contributed by atoms with Crippen molar-refractivity contribution in [1.29, 1.82) is 0 Å². The van der Waals surface area contributed by atoms with Gasteiger partial charge in [-0.05, 0) is 37.5 Å². The second-order valence-electron chi connectivity index (χ2n) is 8.99. The zero-order valence-electron chi connectivity index (χ0n) is 19.9. The van der Waals surface area contributed by atoms with Crippen LogP contribution in [0, 0.1) is 11.8 Å². The summed E-state index contributed by atoms with van der Waals surface area (Å²) in [7, 11) is 0. The molecule has 1 radical (unpaired) electrons. The SMILES string of the molecule is CCCCCCCCCCC(CCCCCCCCCC)[C](CC)CCC. The van der Waals surface area contributed by atoms with E-state index in [0.29, 0.717) is 0 Å². The lowest BCUT2D eigenvalue weighted by atomic mass is 9.80. The maximum atomic E-state index is 2.40. The Morgan fingerprint density at radius 1 is 0.444 bits per heavy atom. The molecule has 0 saturated heterocycles. The average Bonchev–Trinajstić information content (AvgIpc) is 2.68. The van der Waals surface area contributed by atoms with Crippen molar-refractivity contribution in [3.8, 4) is 0 Å². The molecule has 0 N–H and O–H groups in total. The predicted octanol–water partition coefficient (Wildman–Crippen LogP) is 10.4. The molecule has 0 nitrogen and oxygen atoms in total. The molecule has 0 fully saturated rings. The van der Waals surface area contributed by atoms with Crippen LogP contribution >= 0.6 is 0 Å². The lowest BCUT2D eigenvalue weighted by molar-refractivity contribution is 0.386. The molecule has 0 aliphatic rings. The molecule has 0 heteroatoms. The van der Waals surface area contributed by atoms with Gasteiger partial charge in [0.15, 0.2) is 0 Å². The van der Waals surface area contributed by atoms with Gasteiger partial charge in [0.2, 0.25) is 0 Å². The van der Waals surface area contributed by atoms with Gasteiger partial charge in [0, 0.05) is 0 Å². The quantitative estimate of drug-likeness (QED) is 0.164. The summed E-state index contributed by atoms with van der Waals surface area (Å²) in [5.41, 5.74) is 0. The summed E-state index contributed by atoms with van der Waals surface area (Å²) < 4.78 is 0. The topological polar surface area (TPSA) is 0 Å². The zero-order chi connectivity index (χ0) is 20.0. The Kier molecular flexibility index (Phi) is 22.3. The van der Waals surface area contributed by atoms with Gasteiger partial charge >= 0.3 is 0 Å². The molecule has 0 atom stereocenters. The molecule has 0 aromatic heterocycles. The van der Waals surface area contributed by atoms with Crippen LogP contribution in [0.4, 0.5) is 0 Å². The van der Waals surface area contributed by atoms with Crippen LogP contribution in [0.15, 0.2) is 0 Å². The van der Waals surface area contributed by atoms with E-state index in [2.05, 4.69) is 27.7 Å². The molecule has 0 aliphatic carbocycles. The Morgan fingerprint density at radius 3 is 1.15 bits per heavy atom. The molecule has 0 heterocycles. The van der Waals surface area contributed by atoms with Gasteiger partial charge in [-0.1, -0.05) is 137 Å². The smallest absolute Gasteiger partial charge is 0.0213 e. The minimum atomic E-state index is 0.940. The van der Waals surface area contributed by atoms with E-state index in [9.17, 15) is 0 Å². The van der Waals surface area contributed by atoms with Crippen molar-refractivity contribution >= 4 is 0 Å². The van der Waals surface area contributed by atoms with Gasteiger partial charge in [0.1, 0.15) is 0 Å². The van der Waals surface area contributed by atoms with Crippen LogP contribution in [-0.4, -0.2) is 0 Å². The first-order chi connectivity index (χ1) is 13.3. The Balaban J connectivity index is 3.90. The van der Waals surface area contributed by atoms with Crippen LogP contribution in [0.5, 0.6) is 0 Å². The van der Waals surface area contributed by atoms with Crippen molar-refractivity contribution < 1.29 is 0 Å². The molecule has 0 aromatic rings. The van der Waals surface area contributed by atoms with E-state index in [4.69, 9.17) is 0 Å². The molecule has 0 aliphatic heterocycles. The highest BCUT2D eigenvalue weighted by Gasteiger charge is 2.19. The largest absolute Gasteiger partial charge is 0.0654 e. The lowest BCUT2D eigenvalue weighted by Gasteiger charge is -2.26. The van der Waals surface area contributed by atoms with Gasteiger partial charge in [-0.3, -0.25) is 0 Å². The second-order valence-corrected chi connectivity index (χ2v) is 8.99. The predicted molar refractivity (Wildman–Crippen MR) is 126 cm³/mol. The molecular weight excluding hydrogens is 324 g/mol. The summed E-state index contributed by atoms with van der Waals surface area (Å²) in [6.07, 6.45) is 30.3. The second kappa shape index (κ2) is 22.3. The van der Waals surface area contributed by atoms with Crippen LogP contribution in [0.1, 0.15) is 163 Å². The Hall–Kier alpha value is 0. The average molecular weight is 380 g/mol. The van der Waals surface area contributed by atoms with E-state index < -0.39 is 0 Å². The van der Waals surface area contributed by atoms with Crippen LogP contribution in [0.2, 0.25) is 0 Å². The number of unbranched alkanes of at least 4 members (excludes halogenated alkanes) is 14. The van der Waals surface area contributed by atoms with Crippen LogP contribution in [0.3, 0.4) is 0 Å². The van der Waals surface area contributed by atoms with Crippen molar-refractivity contribution in [2.24, 2.45) is 5.92 Å². The van der Waals surface area contributed by atoms with E-state index >= 15 is 0 Å².